The molecule has 448 valence electrons. The Bertz CT molecular complexity index is 3830. The number of H-pyrrole nitrogens is 2. The van der Waals surface area contributed by atoms with Gasteiger partial charge in [-0.2, -0.15) is 10.2 Å². The molecule has 2 aliphatic rings. The average molecular weight is 1180 g/mol. The van der Waals surface area contributed by atoms with Crippen LogP contribution in [0, 0.1) is 11.6 Å². The number of methoxy groups -OCH3 is 2. The fraction of sp³-hybridized carbons (Fsp3) is 0.262. The fourth-order valence-electron chi connectivity index (χ4n) is 9.28. The Morgan fingerprint density at radius 2 is 1.06 bits per heavy atom. The van der Waals surface area contributed by atoms with Crippen LogP contribution >= 0.6 is 0 Å². The second kappa shape index (κ2) is 27.0. The number of aromatic carboxylic acids is 1. The van der Waals surface area contributed by atoms with Gasteiger partial charge in [0.15, 0.2) is 34.7 Å². The molecule has 86 heavy (non-hydrogen) atoms. The number of aromatic nitrogens is 4. The molecule has 2 aliphatic heterocycles. The molecule has 25 heteroatoms. The number of carbonyl (C=O) groups is 7. The van der Waals surface area contributed by atoms with Gasteiger partial charge in [-0.05, 0) is 100 Å². The van der Waals surface area contributed by atoms with E-state index in [2.05, 4.69) is 41.7 Å². The first-order valence-electron chi connectivity index (χ1n) is 26.9. The molecule has 0 spiro atoms. The van der Waals surface area contributed by atoms with Crippen LogP contribution in [0.25, 0.3) is 21.8 Å². The summed E-state index contributed by atoms with van der Waals surface area (Å²) in [7, 11) is 2.57. The maximum Gasteiger partial charge on any atom is 0.410 e. The van der Waals surface area contributed by atoms with E-state index in [4.69, 9.17) is 29.8 Å². The topological polar surface area (TPSA) is 332 Å². The van der Waals surface area contributed by atoms with E-state index < -0.39 is 76.1 Å². The molecule has 6 aromatic carbocycles. The van der Waals surface area contributed by atoms with Gasteiger partial charge in [0.25, 0.3) is 17.7 Å². The lowest BCUT2D eigenvalue weighted by atomic mass is 10.00. The van der Waals surface area contributed by atoms with Crippen molar-refractivity contribution in [1.82, 2.24) is 46.6 Å². The van der Waals surface area contributed by atoms with Crippen LogP contribution in [0.2, 0.25) is 0 Å². The molecular weight excluding hydrogens is 1120 g/mol. The third-order valence-corrected chi connectivity index (χ3v) is 13.7. The molecule has 4 amide bonds. The lowest BCUT2D eigenvalue weighted by Crippen LogP contribution is -2.51. The molecule has 23 nitrogen and oxygen atoms in total. The highest BCUT2D eigenvalue weighted by Crippen LogP contribution is 2.33. The van der Waals surface area contributed by atoms with Crippen molar-refractivity contribution in [2.24, 2.45) is 5.73 Å². The van der Waals surface area contributed by atoms with Gasteiger partial charge in [0.2, 0.25) is 0 Å². The number of rotatable bonds is 15. The van der Waals surface area contributed by atoms with Crippen LogP contribution in [-0.4, -0.2) is 154 Å². The zero-order chi connectivity index (χ0) is 62.0. The molecular formula is C61H62F2N10O13. The number of carbonyl (C=O) groups excluding carboxylic acids is 6. The number of aromatic amines is 2. The van der Waals surface area contributed by atoms with E-state index in [0.717, 1.165) is 21.8 Å². The van der Waals surface area contributed by atoms with Crippen molar-refractivity contribution in [3.63, 3.8) is 0 Å². The van der Waals surface area contributed by atoms with Crippen LogP contribution in [0.5, 0.6) is 23.0 Å². The van der Waals surface area contributed by atoms with E-state index in [1.165, 1.54) is 91.9 Å². The molecule has 0 unspecified atom stereocenters. The predicted octanol–water partition coefficient (Wildman–Crippen LogP) is 6.55. The third-order valence-electron chi connectivity index (χ3n) is 13.7. The number of carboxylic acids is 1. The Morgan fingerprint density at radius 3 is 1.57 bits per heavy atom. The number of amides is 4. The number of phenolic OH excluding ortho intramolecular Hbond substituents is 1. The number of carboxylic acid groups (broad SMARTS) is 1. The number of halogens is 2. The molecule has 0 bridgehead atoms. The lowest BCUT2D eigenvalue weighted by Gasteiger charge is -2.24. The van der Waals surface area contributed by atoms with E-state index in [-0.39, 0.29) is 88.3 Å². The van der Waals surface area contributed by atoms with Gasteiger partial charge >= 0.3 is 12.1 Å². The van der Waals surface area contributed by atoms with E-state index in [0.29, 0.717) is 18.7 Å². The van der Waals surface area contributed by atoms with Gasteiger partial charge in [-0.3, -0.25) is 34.2 Å². The predicted molar refractivity (Wildman–Crippen MR) is 310 cm³/mol. The summed E-state index contributed by atoms with van der Waals surface area (Å²) in [4.78, 5) is 88.7. The monoisotopic (exact) mass is 1180 g/mol. The quantitative estimate of drug-likeness (QED) is 0.0491. The molecule has 0 radical (unpaired) electrons. The maximum absolute atomic E-state index is 14.9. The third kappa shape index (κ3) is 14.5. The van der Waals surface area contributed by atoms with E-state index in [9.17, 15) is 47.4 Å². The molecule has 0 aliphatic carbocycles. The van der Waals surface area contributed by atoms with Crippen molar-refractivity contribution < 1.29 is 71.5 Å². The van der Waals surface area contributed by atoms with Crippen molar-refractivity contribution in [3.8, 4) is 23.0 Å². The van der Waals surface area contributed by atoms with Crippen LogP contribution in [0.3, 0.4) is 0 Å². The van der Waals surface area contributed by atoms with E-state index in [1.54, 1.807) is 76.5 Å². The second-order valence-electron chi connectivity index (χ2n) is 20.8. The molecule has 2 saturated heterocycles. The fourth-order valence-corrected chi connectivity index (χ4v) is 9.28. The molecule has 8 aromatic rings. The van der Waals surface area contributed by atoms with Crippen LogP contribution < -0.4 is 41.2 Å². The number of phenols is 1. The van der Waals surface area contributed by atoms with Crippen LogP contribution in [0.15, 0.2) is 122 Å². The van der Waals surface area contributed by atoms with Gasteiger partial charge in [0.1, 0.15) is 28.2 Å². The van der Waals surface area contributed by atoms with Crippen molar-refractivity contribution in [1.29, 1.82) is 0 Å². The van der Waals surface area contributed by atoms with Crippen molar-refractivity contribution in [3.05, 3.63) is 178 Å². The van der Waals surface area contributed by atoms with Gasteiger partial charge in [-0.1, -0.05) is 36.4 Å². The van der Waals surface area contributed by atoms with Crippen LogP contribution in [0.4, 0.5) is 13.6 Å². The Labute approximate surface area is 490 Å². The normalized spacial score (nSPS) is 16.2. The smallest absolute Gasteiger partial charge is 0.410 e. The SMILES string of the molecule is CCOc1ccc(OC)c(F)c1C(=O)c1ccc(C(=O)N[C@@H]2CN(C(=O)OC(C)(C)C)C[C@H]2N)cc1.COc1ccc(O)c(C(=O)c2ccc(C(=O)N[C@@H]3CNC[C@H]3NC(=O)c3ccc4cn[nH]c4c3)cc2)c1F.O=C(O)c1ccc2cn[nH]c2c1. The molecule has 0 saturated carbocycles. The zero-order valence-electron chi connectivity index (χ0n) is 47.5. The Morgan fingerprint density at radius 1 is 0.616 bits per heavy atom. The number of nitrogens with two attached hydrogens (primary N) is 1. The standard InChI is InChI=1S/C27H24FN5O5.C26H32FN3O6.C8H6N2O2/c1-38-22-9-8-21(34)23(24(22)28)25(35)14-2-4-15(5-3-14)26(36)31-19-12-29-13-20(19)32-27(37)16-6-7-17-11-30-33-18(17)10-16;1-6-35-19-11-12-20(34-5)22(27)21(19)23(31)15-7-9-16(10-8-15)24(32)29-18-14-30(13-17(18)28)25(33)36-26(2,3)4;11-8(12)5-1-2-6-4-9-10-7(6)3-5/h2-11,19-20,29,34H,12-13H2,1H3,(H,30,33)(H,31,36)(H,32,37);7-12,17-18H,6,13-14,28H2,1-5H3,(H,29,32);1-4H,(H,9,10)(H,11,12)/t19-,20-;17-,18-;/m11./s1. The molecule has 4 atom stereocenters. The van der Waals surface area contributed by atoms with Crippen LogP contribution in [0.1, 0.15) is 101 Å². The Kier molecular flexibility index (Phi) is 19.4. The number of nitrogens with one attached hydrogen (secondary N) is 6. The first-order chi connectivity index (χ1) is 41.1. The molecule has 2 aromatic heterocycles. The van der Waals surface area contributed by atoms with Crippen molar-refractivity contribution in [2.45, 2.75) is 57.5 Å². The average Bonchev–Trinajstić information content (AvgIpc) is 2.20. The molecule has 4 heterocycles. The number of ether oxygens (including phenoxy) is 4. The van der Waals surface area contributed by atoms with E-state index >= 15 is 0 Å². The summed E-state index contributed by atoms with van der Waals surface area (Å²) in [6, 6.07) is 25.1. The minimum atomic E-state index is -0.967. The summed E-state index contributed by atoms with van der Waals surface area (Å²) >= 11 is 0. The summed E-state index contributed by atoms with van der Waals surface area (Å²) in [5.74, 6) is -5.80. The second-order valence-corrected chi connectivity index (χ2v) is 20.8. The minimum absolute atomic E-state index is 0.0777. The van der Waals surface area contributed by atoms with Gasteiger partial charge < -0.3 is 61.1 Å². The molecule has 10 rings (SSSR count). The number of aromatic hydroxyl groups is 1. The summed E-state index contributed by atoms with van der Waals surface area (Å²) in [5, 5.41) is 45.6. The van der Waals surface area contributed by atoms with E-state index in [1.807, 2.05) is 0 Å². The van der Waals surface area contributed by atoms with Gasteiger partial charge in [-0.15, -0.1) is 0 Å². The summed E-state index contributed by atoms with van der Waals surface area (Å²) in [6.07, 6.45) is 2.84. The number of likely N-dealkylation sites (tertiary alicyclic amines) is 1. The van der Waals surface area contributed by atoms with Gasteiger partial charge in [-0.25, -0.2) is 18.4 Å². The number of nitrogens with zero attached hydrogens (tertiary/aromatic N) is 3. The summed E-state index contributed by atoms with van der Waals surface area (Å²) in [6.45, 7) is 8.70. The highest BCUT2D eigenvalue weighted by molar-refractivity contribution is 6.12. The van der Waals surface area contributed by atoms with Crippen molar-refractivity contribution in [2.75, 3.05) is 47.0 Å². The number of hydrogen-bond acceptors (Lipinski definition) is 16. The number of benzene rings is 6. The van der Waals surface area contributed by atoms with Gasteiger partial charge in [0, 0.05) is 70.8 Å². The first-order valence-corrected chi connectivity index (χ1v) is 26.9. The highest BCUT2D eigenvalue weighted by Gasteiger charge is 2.37. The Balaban J connectivity index is 0.000000187. The van der Waals surface area contributed by atoms with Crippen molar-refractivity contribution >= 4 is 63.2 Å². The largest absolute Gasteiger partial charge is 0.507 e. The maximum atomic E-state index is 14.9. The highest BCUT2D eigenvalue weighted by atomic mass is 19.1. The Hall–Kier alpha value is -10.3. The number of fused-ring (bicyclic) bond motifs is 2. The minimum Gasteiger partial charge on any atom is -0.507 e. The zero-order valence-corrected chi connectivity index (χ0v) is 47.5. The lowest BCUT2D eigenvalue weighted by molar-refractivity contribution is 0.0287. The number of ketones is 2. The summed E-state index contributed by atoms with van der Waals surface area (Å²) in [5.41, 5.74) is 7.80. The first kappa shape index (κ1) is 61.8. The summed E-state index contributed by atoms with van der Waals surface area (Å²) < 4.78 is 50.2. The van der Waals surface area contributed by atoms with Crippen LogP contribution in [-0.2, 0) is 4.74 Å². The number of hydrogen-bond donors (Lipinski definition) is 9. The van der Waals surface area contributed by atoms with Gasteiger partial charge in [0.05, 0.1) is 67.9 Å². The molecule has 10 N–H and O–H groups in total. The molecule has 2 fully saturated rings.